The number of allylic oxidation sites excluding steroid dienone is 1. The van der Waals surface area contributed by atoms with Crippen molar-refractivity contribution in [2.45, 2.75) is 50.1 Å². The fourth-order valence-corrected chi connectivity index (χ4v) is 6.70. The SMILES string of the molecule is C=CCn1c(SCc2c(C(=O)OCC)oc3ccccc23)nc2sc3c(c2c1=O)CCCC3. The molecule has 0 amide bonds. The summed E-state index contributed by atoms with van der Waals surface area (Å²) in [7, 11) is 0. The number of ether oxygens (including phenoxy) is 1. The molecule has 1 aromatic carbocycles. The number of hydrogen-bond donors (Lipinski definition) is 0. The predicted octanol–water partition coefficient (Wildman–Crippen LogP) is 5.74. The number of benzene rings is 1. The molecule has 1 aliphatic rings. The summed E-state index contributed by atoms with van der Waals surface area (Å²) in [5, 5.41) is 2.24. The molecule has 0 unspecified atom stereocenters. The van der Waals surface area contributed by atoms with Gasteiger partial charge in [-0.25, -0.2) is 9.78 Å². The van der Waals surface area contributed by atoms with Crippen molar-refractivity contribution in [2.75, 3.05) is 6.61 Å². The van der Waals surface area contributed by atoms with Crippen molar-refractivity contribution in [3.8, 4) is 0 Å². The maximum Gasteiger partial charge on any atom is 0.374 e. The average molecular weight is 481 g/mol. The van der Waals surface area contributed by atoms with E-state index in [1.807, 2.05) is 24.3 Å². The van der Waals surface area contributed by atoms with E-state index < -0.39 is 5.97 Å². The molecule has 0 atom stereocenters. The Morgan fingerprint density at radius 1 is 1.33 bits per heavy atom. The summed E-state index contributed by atoms with van der Waals surface area (Å²) in [6, 6.07) is 7.54. The Morgan fingerprint density at radius 3 is 2.97 bits per heavy atom. The average Bonchev–Trinajstić information content (AvgIpc) is 3.38. The van der Waals surface area contributed by atoms with Crippen LogP contribution in [0.2, 0.25) is 0 Å². The van der Waals surface area contributed by atoms with Gasteiger partial charge < -0.3 is 9.15 Å². The molecule has 170 valence electrons. The van der Waals surface area contributed by atoms with Gasteiger partial charge in [0.05, 0.1) is 12.0 Å². The lowest BCUT2D eigenvalue weighted by Gasteiger charge is -2.12. The van der Waals surface area contributed by atoms with Gasteiger partial charge >= 0.3 is 5.97 Å². The third kappa shape index (κ3) is 3.91. The second-order valence-electron chi connectivity index (χ2n) is 7.90. The molecule has 4 aromatic rings. The number of carbonyl (C=O) groups excluding carboxylic acids is 1. The molecule has 0 fully saturated rings. The van der Waals surface area contributed by atoms with Crippen molar-refractivity contribution in [1.29, 1.82) is 0 Å². The molecule has 6 nitrogen and oxygen atoms in total. The number of para-hydroxylation sites is 1. The highest BCUT2D eigenvalue weighted by Crippen LogP contribution is 2.36. The summed E-state index contributed by atoms with van der Waals surface area (Å²) in [4.78, 5) is 33.0. The van der Waals surface area contributed by atoms with Crippen LogP contribution in [0.4, 0.5) is 0 Å². The number of thiophene rings is 1. The quantitative estimate of drug-likeness (QED) is 0.145. The van der Waals surface area contributed by atoms with Crippen molar-refractivity contribution in [3.05, 3.63) is 69.0 Å². The molecule has 0 radical (unpaired) electrons. The summed E-state index contributed by atoms with van der Waals surface area (Å²) in [6.07, 6.45) is 5.95. The number of fused-ring (bicyclic) bond motifs is 4. The Hall–Kier alpha value is -2.84. The molecular weight excluding hydrogens is 456 g/mol. The number of aromatic nitrogens is 2. The maximum atomic E-state index is 13.5. The third-order valence-electron chi connectivity index (χ3n) is 5.86. The van der Waals surface area contributed by atoms with Crippen molar-refractivity contribution >= 4 is 50.3 Å². The molecule has 0 bridgehead atoms. The van der Waals surface area contributed by atoms with Gasteiger partial charge in [0.25, 0.3) is 5.56 Å². The minimum absolute atomic E-state index is 0.00975. The van der Waals surface area contributed by atoms with Gasteiger partial charge in [0, 0.05) is 28.1 Å². The summed E-state index contributed by atoms with van der Waals surface area (Å²) < 4.78 is 12.7. The molecule has 0 N–H and O–H groups in total. The number of nitrogens with zero attached hydrogens (tertiary/aromatic N) is 2. The number of carbonyl (C=O) groups is 1. The van der Waals surface area contributed by atoms with Crippen molar-refractivity contribution in [3.63, 3.8) is 0 Å². The lowest BCUT2D eigenvalue weighted by atomic mass is 9.97. The smallest absolute Gasteiger partial charge is 0.374 e. The normalized spacial score (nSPS) is 13.4. The van der Waals surface area contributed by atoms with Gasteiger partial charge in [0.2, 0.25) is 5.76 Å². The molecule has 8 heteroatoms. The first-order valence-corrected chi connectivity index (χ1v) is 12.9. The van der Waals surface area contributed by atoms with Gasteiger partial charge in [-0.05, 0) is 44.2 Å². The fourth-order valence-electron chi connectivity index (χ4n) is 4.36. The molecule has 0 spiro atoms. The van der Waals surface area contributed by atoms with E-state index in [1.165, 1.54) is 22.2 Å². The van der Waals surface area contributed by atoms with Crippen LogP contribution < -0.4 is 5.56 Å². The first-order chi connectivity index (χ1) is 16.1. The molecule has 3 heterocycles. The van der Waals surface area contributed by atoms with Crippen LogP contribution in [0.3, 0.4) is 0 Å². The second kappa shape index (κ2) is 9.19. The summed E-state index contributed by atoms with van der Waals surface area (Å²) in [5.74, 6) is 0.142. The van der Waals surface area contributed by atoms with Crippen LogP contribution in [0.5, 0.6) is 0 Å². The highest BCUT2D eigenvalue weighted by molar-refractivity contribution is 7.98. The van der Waals surface area contributed by atoms with Crippen LogP contribution in [0.25, 0.3) is 21.2 Å². The van der Waals surface area contributed by atoms with Crippen molar-refractivity contribution in [1.82, 2.24) is 9.55 Å². The van der Waals surface area contributed by atoms with Crippen LogP contribution in [0, 0.1) is 0 Å². The summed E-state index contributed by atoms with van der Waals surface area (Å²) >= 11 is 3.07. The molecule has 0 saturated carbocycles. The van der Waals surface area contributed by atoms with E-state index in [9.17, 15) is 9.59 Å². The Kier molecular flexibility index (Phi) is 6.12. The lowest BCUT2D eigenvalue weighted by Crippen LogP contribution is -2.23. The van der Waals surface area contributed by atoms with Gasteiger partial charge in [0.1, 0.15) is 10.4 Å². The largest absolute Gasteiger partial charge is 0.460 e. The minimum Gasteiger partial charge on any atom is -0.460 e. The van der Waals surface area contributed by atoms with Crippen LogP contribution >= 0.6 is 23.1 Å². The van der Waals surface area contributed by atoms with Gasteiger partial charge in [-0.1, -0.05) is 36.0 Å². The molecule has 3 aromatic heterocycles. The first-order valence-electron chi connectivity index (χ1n) is 11.1. The number of hydrogen-bond acceptors (Lipinski definition) is 7. The summed E-state index contributed by atoms with van der Waals surface area (Å²) in [6.45, 7) is 6.25. The number of rotatable bonds is 7. The zero-order valence-electron chi connectivity index (χ0n) is 18.4. The standard InChI is InChI=1S/C25H24N2O4S2/c1-3-13-27-23(28)20-16-10-6-8-12-19(16)33-22(20)26-25(27)32-14-17-15-9-5-7-11-18(15)31-21(17)24(29)30-4-2/h3,5,7,9,11H,1,4,6,8,10,12-14H2,2H3. The topological polar surface area (TPSA) is 74.3 Å². The number of thioether (sulfide) groups is 1. The molecule has 5 rings (SSSR count). The maximum absolute atomic E-state index is 13.5. The molecule has 0 saturated heterocycles. The van der Waals surface area contributed by atoms with Crippen LogP contribution in [-0.4, -0.2) is 22.1 Å². The van der Waals surface area contributed by atoms with E-state index in [0.717, 1.165) is 46.8 Å². The molecule has 33 heavy (non-hydrogen) atoms. The van der Waals surface area contributed by atoms with E-state index in [0.29, 0.717) is 23.0 Å². The number of aryl methyl sites for hydroxylation is 2. The van der Waals surface area contributed by atoms with Crippen molar-refractivity contribution < 1.29 is 13.9 Å². The lowest BCUT2D eigenvalue weighted by molar-refractivity contribution is 0.0491. The van der Waals surface area contributed by atoms with E-state index in [2.05, 4.69) is 6.58 Å². The molecular formula is C25H24N2O4S2. The van der Waals surface area contributed by atoms with Crippen molar-refractivity contribution in [2.24, 2.45) is 0 Å². The molecule has 1 aliphatic carbocycles. The Labute approximate surface area is 199 Å². The Balaban J connectivity index is 1.58. The fraction of sp³-hybridized carbons (Fsp3) is 0.320. The Morgan fingerprint density at radius 2 is 2.15 bits per heavy atom. The van der Waals surface area contributed by atoms with Gasteiger partial charge in [-0.3, -0.25) is 9.36 Å². The highest BCUT2D eigenvalue weighted by Gasteiger charge is 2.24. The first kappa shape index (κ1) is 22.0. The van der Waals surface area contributed by atoms with E-state index in [1.54, 1.807) is 28.9 Å². The van der Waals surface area contributed by atoms with E-state index >= 15 is 0 Å². The predicted molar refractivity (Wildman–Crippen MR) is 132 cm³/mol. The zero-order valence-corrected chi connectivity index (χ0v) is 20.0. The summed E-state index contributed by atoms with van der Waals surface area (Å²) in [5.41, 5.74) is 2.55. The Bertz CT molecular complexity index is 1430. The van der Waals surface area contributed by atoms with E-state index in [4.69, 9.17) is 14.1 Å². The van der Waals surface area contributed by atoms with E-state index in [-0.39, 0.29) is 17.9 Å². The minimum atomic E-state index is -0.484. The molecule has 0 aliphatic heterocycles. The highest BCUT2D eigenvalue weighted by atomic mass is 32.2. The monoisotopic (exact) mass is 480 g/mol. The third-order valence-corrected chi connectivity index (χ3v) is 8.04. The van der Waals surface area contributed by atoms with Gasteiger partial charge in [0.15, 0.2) is 5.16 Å². The van der Waals surface area contributed by atoms with Gasteiger partial charge in [-0.15, -0.1) is 17.9 Å². The second-order valence-corrected chi connectivity index (χ2v) is 9.93. The zero-order chi connectivity index (χ0) is 22.9. The van der Waals surface area contributed by atoms with Gasteiger partial charge in [-0.2, -0.15) is 0 Å². The van der Waals surface area contributed by atoms with Crippen LogP contribution in [-0.2, 0) is 29.9 Å². The number of esters is 1. The van der Waals surface area contributed by atoms with Crippen LogP contribution in [0.15, 0.2) is 51.3 Å². The number of furan rings is 1. The van der Waals surface area contributed by atoms with Crippen LogP contribution in [0.1, 0.15) is 46.3 Å².